The largest absolute Gasteiger partial charge is 0.394 e. The Balaban J connectivity index is 1.58. The lowest BCUT2D eigenvalue weighted by atomic mass is 10.1. The maximum atomic E-state index is 14.7. The number of halogens is 1. The summed E-state index contributed by atoms with van der Waals surface area (Å²) >= 11 is 0. The number of hydrogen-bond acceptors (Lipinski definition) is 8. The summed E-state index contributed by atoms with van der Waals surface area (Å²) in [5.74, 6) is 0.549. The summed E-state index contributed by atoms with van der Waals surface area (Å²) in [7, 11) is 0. The fourth-order valence-corrected chi connectivity index (χ4v) is 4.82. The average molecular weight is 504 g/mol. The summed E-state index contributed by atoms with van der Waals surface area (Å²) < 4.78 is 19.6. The molecule has 0 spiro atoms. The van der Waals surface area contributed by atoms with Gasteiger partial charge >= 0.3 is 0 Å². The van der Waals surface area contributed by atoms with Gasteiger partial charge in [0.2, 0.25) is 0 Å². The molecule has 0 aliphatic heterocycles. The van der Waals surface area contributed by atoms with Crippen LogP contribution in [0.25, 0.3) is 33.2 Å². The Bertz CT molecular complexity index is 1690. The third-order valence-electron chi connectivity index (χ3n) is 6.83. The van der Waals surface area contributed by atoms with Crippen LogP contribution in [0.3, 0.4) is 0 Å². The number of anilines is 1. The Labute approximate surface area is 210 Å². The van der Waals surface area contributed by atoms with Gasteiger partial charge in [-0.1, -0.05) is 13.0 Å². The molecule has 37 heavy (non-hydrogen) atoms. The maximum Gasteiger partial charge on any atom is 0.264 e. The number of aromatic nitrogens is 8. The van der Waals surface area contributed by atoms with Crippen LogP contribution in [0.2, 0.25) is 0 Å². The molecule has 0 saturated heterocycles. The van der Waals surface area contributed by atoms with Gasteiger partial charge in [-0.3, -0.25) is 14.0 Å². The van der Waals surface area contributed by atoms with E-state index in [2.05, 4.69) is 15.1 Å². The van der Waals surface area contributed by atoms with E-state index in [-0.39, 0.29) is 23.4 Å². The Kier molecular flexibility index (Phi) is 5.67. The normalized spacial score (nSPS) is 14.6. The highest BCUT2D eigenvalue weighted by Gasteiger charge is 2.30. The topological polar surface area (TPSA) is 143 Å². The third-order valence-corrected chi connectivity index (χ3v) is 6.83. The second kappa shape index (κ2) is 9.04. The van der Waals surface area contributed by atoms with E-state index in [0.717, 1.165) is 12.8 Å². The van der Waals surface area contributed by atoms with E-state index in [4.69, 9.17) is 15.8 Å². The number of hydrogen-bond donors (Lipinski definition) is 2. The van der Waals surface area contributed by atoms with Crippen molar-refractivity contribution in [2.45, 2.75) is 45.3 Å². The van der Waals surface area contributed by atoms with E-state index in [1.165, 1.54) is 12.4 Å². The first-order valence-electron chi connectivity index (χ1n) is 12.3. The Morgan fingerprint density at radius 1 is 1.24 bits per heavy atom. The quantitative estimate of drug-likeness (QED) is 0.329. The number of nitrogens with two attached hydrogens (primary N) is 1. The molecular weight excluding hydrogens is 477 g/mol. The van der Waals surface area contributed by atoms with Crippen molar-refractivity contribution in [3.05, 3.63) is 58.9 Å². The van der Waals surface area contributed by atoms with Gasteiger partial charge in [0.1, 0.15) is 40.9 Å². The van der Waals surface area contributed by atoms with Gasteiger partial charge in [0.15, 0.2) is 5.65 Å². The van der Waals surface area contributed by atoms with Gasteiger partial charge in [-0.2, -0.15) is 10.2 Å². The molecule has 1 aliphatic carbocycles. The van der Waals surface area contributed by atoms with Crippen LogP contribution in [0.1, 0.15) is 38.1 Å². The van der Waals surface area contributed by atoms with Gasteiger partial charge < -0.3 is 10.8 Å². The number of benzene rings is 1. The summed E-state index contributed by atoms with van der Waals surface area (Å²) in [6.45, 7) is 2.74. The minimum atomic E-state index is -0.577. The molecule has 1 atom stereocenters. The first-order valence-corrected chi connectivity index (χ1v) is 12.3. The molecule has 0 bridgehead atoms. The SMILES string of the molecule is CC[C@@H](c1nc2cccc(F)c2c(=O)n1CC1CC1)n1nc(-c2cnn(CCO)c2)c2c(N)ncnc21. The number of fused-ring (bicyclic) bond motifs is 2. The second-order valence-corrected chi connectivity index (χ2v) is 9.35. The van der Waals surface area contributed by atoms with Crippen LogP contribution < -0.4 is 11.3 Å². The minimum Gasteiger partial charge on any atom is -0.394 e. The van der Waals surface area contributed by atoms with Crippen LogP contribution in [-0.4, -0.2) is 50.8 Å². The number of nitrogen functional groups attached to an aromatic ring is 1. The zero-order valence-corrected chi connectivity index (χ0v) is 20.2. The van der Waals surface area contributed by atoms with Crippen molar-refractivity contribution in [1.29, 1.82) is 0 Å². The standard InChI is InChI=1S/C25H26FN9O2/c1-2-18(23-31-17-5-3-4-16(26)19(17)25(37)34(23)11-14-6-7-14)35-24-20(22(27)28-13-29-24)21(32-35)15-10-30-33(12-15)8-9-36/h3-5,10,12-14,18,36H,2,6-9,11H2,1H3,(H2,27,28,29)/t18-/m0/s1. The summed E-state index contributed by atoms with van der Waals surface area (Å²) in [4.78, 5) is 27.0. The predicted octanol–water partition coefficient (Wildman–Crippen LogP) is 2.52. The molecule has 0 amide bonds. The van der Waals surface area contributed by atoms with Gasteiger partial charge in [-0.05, 0) is 37.3 Å². The highest BCUT2D eigenvalue weighted by atomic mass is 19.1. The molecule has 1 aromatic carbocycles. The Morgan fingerprint density at radius 2 is 2.08 bits per heavy atom. The van der Waals surface area contributed by atoms with Crippen LogP contribution >= 0.6 is 0 Å². The maximum absolute atomic E-state index is 14.7. The molecule has 1 aliphatic rings. The summed E-state index contributed by atoms with van der Waals surface area (Å²) in [5.41, 5.74) is 7.93. The summed E-state index contributed by atoms with van der Waals surface area (Å²) in [5, 5.41) is 19.0. The summed E-state index contributed by atoms with van der Waals surface area (Å²) in [6.07, 6.45) is 7.39. The van der Waals surface area contributed by atoms with Crippen molar-refractivity contribution in [1.82, 2.24) is 39.1 Å². The minimum absolute atomic E-state index is 0.00404. The van der Waals surface area contributed by atoms with Crippen molar-refractivity contribution in [2.24, 2.45) is 5.92 Å². The molecule has 4 heterocycles. The van der Waals surface area contributed by atoms with Crippen LogP contribution in [0, 0.1) is 11.7 Å². The molecule has 1 fully saturated rings. The van der Waals surface area contributed by atoms with Gasteiger partial charge in [-0.15, -0.1) is 0 Å². The number of aliphatic hydroxyl groups excluding tert-OH is 1. The Hall–Kier alpha value is -4.19. The van der Waals surface area contributed by atoms with Gasteiger partial charge in [-0.25, -0.2) is 24.0 Å². The zero-order valence-electron chi connectivity index (χ0n) is 20.2. The fourth-order valence-electron chi connectivity index (χ4n) is 4.82. The molecule has 1 saturated carbocycles. The van der Waals surface area contributed by atoms with Crippen LogP contribution in [0.5, 0.6) is 0 Å². The monoisotopic (exact) mass is 503 g/mol. The highest BCUT2D eigenvalue weighted by Crippen LogP contribution is 2.35. The molecule has 5 aromatic rings. The highest BCUT2D eigenvalue weighted by molar-refractivity contribution is 5.98. The number of nitrogens with zero attached hydrogens (tertiary/aromatic N) is 8. The molecule has 0 radical (unpaired) electrons. The van der Waals surface area contributed by atoms with Crippen molar-refractivity contribution >= 4 is 27.8 Å². The predicted molar refractivity (Wildman–Crippen MR) is 135 cm³/mol. The van der Waals surface area contributed by atoms with E-state index >= 15 is 0 Å². The van der Waals surface area contributed by atoms with Gasteiger partial charge in [0.25, 0.3) is 5.56 Å². The number of rotatable bonds is 8. The lowest BCUT2D eigenvalue weighted by Gasteiger charge is -2.21. The Morgan fingerprint density at radius 3 is 2.84 bits per heavy atom. The lowest BCUT2D eigenvalue weighted by Crippen LogP contribution is -2.30. The number of aliphatic hydroxyl groups is 1. The molecule has 12 heteroatoms. The molecule has 3 N–H and O–H groups in total. The van der Waals surface area contributed by atoms with E-state index in [0.29, 0.717) is 59.1 Å². The van der Waals surface area contributed by atoms with Crippen molar-refractivity contribution in [3.63, 3.8) is 0 Å². The van der Waals surface area contributed by atoms with Gasteiger partial charge in [0, 0.05) is 18.3 Å². The van der Waals surface area contributed by atoms with E-state index in [1.54, 1.807) is 38.5 Å². The molecule has 190 valence electrons. The lowest BCUT2D eigenvalue weighted by molar-refractivity contribution is 0.269. The van der Waals surface area contributed by atoms with Crippen molar-refractivity contribution in [2.75, 3.05) is 12.3 Å². The van der Waals surface area contributed by atoms with E-state index in [1.807, 2.05) is 6.92 Å². The molecule has 11 nitrogen and oxygen atoms in total. The molecule has 0 unspecified atom stereocenters. The van der Waals surface area contributed by atoms with E-state index < -0.39 is 11.9 Å². The average Bonchev–Trinajstić information content (AvgIpc) is 3.44. The molecule has 6 rings (SSSR count). The van der Waals surface area contributed by atoms with Crippen LogP contribution in [0.4, 0.5) is 10.2 Å². The van der Waals surface area contributed by atoms with Crippen molar-refractivity contribution < 1.29 is 9.50 Å². The van der Waals surface area contributed by atoms with Crippen LogP contribution in [0.15, 0.2) is 41.7 Å². The van der Waals surface area contributed by atoms with Crippen LogP contribution in [-0.2, 0) is 13.1 Å². The smallest absolute Gasteiger partial charge is 0.264 e. The fraction of sp³-hybridized carbons (Fsp3) is 0.360. The first kappa shape index (κ1) is 23.2. The van der Waals surface area contributed by atoms with Crippen molar-refractivity contribution in [3.8, 4) is 11.3 Å². The second-order valence-electron chi connectivity index (χ2n) is 9.35. The third kappa shape index (κ3) is 3.93. The van der Waals surface area contributed by atoms with E-state index in [9.17, 15) is 14.3 Å². The first-order chi connectivity index (χ1) is 18.0. The van der Waals surface area contributed by atoms with Gasteiger partial charge in [0.05, 0.1) is 30.3 Å². The summed E-state index contributed by atoms with van der Waals surface area (Å²) in [6, 6.07) is 4.02. The molecular formula is C25H26FN9O2. The zero-order chi connectivity index (χ0) is 25.7. The molecule has 4 aromatic heterocycles.